The minimum absolute atomic E-state index is 0.277. The molecule has 0 saturated heterocycles. The summed E-state index contributed by atoms with van der Waals surface area (Å²) in [5.41, 5.74) is 0. The Labute approximate surface area is 271 Å². The Hall–Kier alpha value is -1.22. The molecule has 1 amide bonds. The number of nitrogens with one attached hydrogen (secondary N) is 1. The van der Waals surface area contributed by atoms with Gasteiger partial charge in [-0.05, 0) is 32.1 Å². The Kier molecular flexibility index (Phi) is 29.6. The molecule has 3 atom stereocenters. The number of rotatable bonds is 32. The van der Waals surface area contributed by atoms with Crippen molar-refractivity contribution < 1.29 is 28.0 Å². The highest BCUT2D eigenvalue weighted by Crippen LogP contribution is 2.15. The Morgan fingerprint density at radius 1 is 0.614 bits per heavy atom. The molecule has 0 saturated carbocycles. The van der Waals surface area contributed by atoms with E-state index in [-0.39, 0.29) is 6.42 Å². The molecule has 0 bridgehead atoms. The third-order valence-electron chi connectivity index (χ3n) is 8.24. The first kappa shape index (κ1) is 42.8. The van der Waals surface area contributed by atoms with Crippen molar-refractivity contribution >= 4 is 16.0 Å². The summed E-state index contributed by atoms with van der Waals surface area (Å²) in [4.78, 5) is 12.5. The normalized spacial score (nSPS) is 14.4. The monoisotopic (exact) mass is 643 g/mol. The second-order valence-corrected chi connectivity index (χ2v) is 14.1. The summed E-state index contributed by atoms with van der Waals surface area (Å²) in [6.45, 7) is 4.43. The summed E-state index contributed by atoms with van der Waals surface area (Å²) in [5, 5.41) is 23.2. The predicted molar refractivity (Wildman–Crippen MR) is 185 cm³/mol. The number of aliphatic hydroxyl groups is 2. The van der Waals surface area contributed by atoms with Gasteiger partial charge in [-0.15, -0.1) is 0 Å². The summed E-state index contributed by atoms with van der Waals surface area (Å²) in [6, 6.07) is -1.24. The number of hydrogen-bond donors (Lipinski definition) is 4. The van der Waals surface area contributed by atoms with Crippen molar-refractivity contribution in [1.82, 2.24) is 5.32 Å². The Morgan fingerprint density at radius 3 is 1.50 bits per heavy atom. The highest BCUT2D eigenvalue weighted by molar-refractivity contribution is 7.85. The molecule has 0 aromatic rings. The number of aliphatic hydroxyl groups excluding tert-OH is 2. The maximum Gasteiger partial charge on any atom is 0.267 e. The van der Waals surface area contributed by atoms with Gasteiger partial charge in [0.15, 0.2) is 0 Å². The molecule has 260 valence electrons. The van der Waals surface area contributed by atoms with E-state index in [4.69, 9.17) is 0 Å². The van der Waals surface area contributed by atoms with Crippen LogP contribution >= 0.6 is 0 Å². The van der Waals surface area contributed by atoms with Crippen LogP contribution in [-0.2, 0) is 14.9 Å². The lowest BCUT2D eigenvalue weighted by atomic mass is 10.0. The van der Waals surface area contributed by atoms with Crippen molar-refractivity contribution in [2.24, 2.45) is 0 Å². The van der Waals surface area contributed by atoms with E-state index in [1.807, 2.05) is 0 Å². The van der Waals surface area contributed by atoms with Gasteiger partial charge >= 0.3 is 0 Å². The fraction of sp³-hybridized carbons (Fsp3) is 0.861. The smallest absolute Gasteiger partial charge is 0.267 e. The van der Waals surface area contributed by atoms with Gasteiger partial charge in [-0.2, -0.15) is 8.42 Å². The molecule has 0 fully saturated rings. The second-order valence-electron chi connectivity index (χ2n) is 12.6. The van der Waals surface area contributed by atoms with E-state index < -0.39 is 40.0 Å². The molecule has 0 radical (unpaired) electrons. The van der Waals surface area contributed by atoms with Gasteiger partial charge in [0.25, 0.3) is 10.1 Å². The van der Waals surface area contributed by atoms with Crippen LogP contribution in [0.3, 0.4) is 0 Å². The van der Waals surface area contributed by atoms with Crippen molar-refractivity contribution in [2.75, 3.05) is 5.75 Å². The third-order valence-corrected chi connectivity index (χ3v) is 9.02. The fourth-order valence-electron chi connectivity index (χ4n) is 5.41. The zero-order valence-corrected chi connectivity index (χ0v) is 29.2. The van der Waals surface area contributed by atoms with Crippen LogP contribution in [0.4, 0.5) is 0 Å². The Morgan fingerprint density at radius 2 is 1.02 bits per heavy atom. The summed E-state index contributed by atoms with van der Waals surface area (Å²) >= 11 is 0. The van der Waals surface area contributed by atoms with E-state index in [9.17, 15) is 28.0 Å². The van der Waals surface area contributed by atoms with Crippen LogP contribution in [0.15, 0.2) is 24.3 Å². The lowest BCUT2D eigenvalue weighted by Crippen LogP contribution is -2.50. The minimum Gasteiger partial charge on any atom is -0.387 e. The predicted octanol–water partition coefficient (Wildman–Crippen LogP) is 8.99. The van der Waals surface area contributed by atoms with Crippen LogP contribution in [0.25, 0.3) is 0 Å². The molecule has 7 nitrogen and oxygen atoms in total. The quantitative estimate of drug-likeness (QED) is 0.0329. The van der Waals surface area contributed by atoms with Crippen molar-refractivity contribution in [2.45, 2.75) is 193 Å². The first-order chi connectivity index (χ1) is 21.2. The lowest BCUT2D eigenvalue weighted by Gasteiger charge is -2.22. The summed E-state index contributed by atoms with van der Waals surface area (Å²) in [6.07, 6.45) is 34.0. The van der Waals surface area contributed by atoms with E-state index in [1.165, 1.54) is 115 Å². The van der Waals surface area contributed by atoms with Crippen LogP contribution in [0.2, 0.25) is 0 Å². The topological polar surface area (TPSA) is 124 Å². The fourth-order valence-corrected chi connectivity index (χ4v) is 6.15. The van der Waals surface area contributed by atoms with Gasteiger partial charge in [0, 0.05) is 0 Å². The van der Waals surface area contributed by atoms with E-state index in [2.05, 4.69) is 31.3 Å². The van der Waals surface area contributed by atoms with Gasteiger partial charge < -0.3 is 15.5 Å². The maximum atomic E-state index is 12.5. The number of carbonyl (C=O) groups excluding carboxylic acids is 1. The average molecular weight is 644 g/mol. The van der Waals surface area contributed by atoms with Gasteiger partial charge in [0.05, 0.1) is 17.9 Å². The average Bonchev–Trinajstić information content (AvgIpc) is 2.98. The highest BCUT2D eigenvalue weighted by Gasteiger charge is 2.27. The summed E-state index contributed by atoms with van der Waals surface area (Å²) in [5.74, 6) is -1.55. The molecule has 0 heterocycles. The minimum atomic E-state index is -4.44. The molecule has 44 heavy (non-hydrogen) atoms. The van der Waals surface area contributed by atoms with Crippen molar-refractivity contribution in [3.8, 4) is 0 Å². The van der Waals surface area contributed by atoms with E-state index in [0.717, 1.165) is 32.1 Å². The first-order valence-electron chi connectivity index (χ1n) is 18.1. The molecule has 0 spiro atoms. The molecule has 0 aromatic carbocycles. The van der Waals surface area contributed by atoms with Crippen LogP contribution in [0.5, 0.6) is 0 Å². The van der Waals surface area contributed by atoms with E-state index in [1.54, 1.807) is 6.08 Å². The standard InChI is InChI=1S/C36H69NO6S/c1-3-5-7-9-11-13-14-15-16-17-18-19-20-21-23-25-27-29-31-35(39)36(40)37-33(32-44(41,42)43)34(38)30-28-26-24-22-12-10-8-6-4-2/h12,22,28,30,33-35,38-39H,3-11,13-21,23-27,29,31-32H2,1-2H3,(H,37,40)(H,41,42,43)/b22-12+,30-28+. The number of hydrogen-bond acceptors (Lipinski definition) is 5. The molecular weight excluding hydrogens is 574 g/mol. The van der Waals surface area contributed by atoms with Crippen LogP contribution in [0.1, 0.15) is 174 Å². The van der Waals surface area contributed by atoms with Crippen LogP contribution < -0.4 is 5.32 Å². The molecule has 0 aliphatic carbocycles. The number of allylic oxidation sites excluding steroid dienone is 3. The van der Waals surface area contributed by atoms with E-state index in [0.29, 0.717) is 12.8 Å². The lowest BCUT2D eigenvalue weighted by molar-refractivity contribution is -0.130. The zero-order chi connectivity index (χ0) is 32.7. The second kappa shape index (κ2) is 30.4. The number of unbranched alkanes of at least 4 members (excludes halogenated alkanes) is 21. The van der Waals surface area contributed by atoms with Gasteiger partial charge in [-0.3, -0.25) is 9.35 Å². The number of amides is 1. The molecule has 3 unspecified atom stereocenters. The van der Waals surface area contributed by atoms with Crippen molar-refractivity contribution in [1.29, 1.82) is 0 Å². The third kappa shape index (κ3) is 29.5. The van der Waals surface area contributed by atoms with Crippen LogP contribution in [0, 0.1) is 0 Å². The molecule has 0 aliphatic heterocycles. The van der Waals surface area contributed by atoms with Crippen molar-refractivity contribution in [3.05, 3.63) is 24.3 Å². The van der Waals surface area contributed by atoms with Crippen molar-refractivity contribution in [3.63, 3.8) is 0 Å². The van der Waals surface area contributed by atoms with Gasteiger partial charge in [-0.1, -0.05) is 167 Å². The molecule has 0 rings (SSSR count). The number of carbonyl (C=O) groups is 1. The maximum absolute atomic E-state index is 12.5. The van der Waals surface area contributed by atoms with E-state index >= 15 is 0 Å². The molecule has 4 N–H and O–H groups in total. The summed E-state index contributed by atoms with van der Waals surface area (Å²) in [7, 11) is -4.44. The molecule has 0 aliphatic rings. The zero-order valence-electron chi connectivity index (χ0n) is 28.4. The molecular formula is C36H69NO6S. The van der Waals surface area contributed by atoms with Gasteiger partial charge in [0.1, 0.15) is 6.10 Å². The molecule has 0 aromatic heterocycles. The van der Waals surface area contributed by atoms with Gasteiger partial charge in [0.2, 0.25) is 5.91 Å². The molecule has 8 heteroatoms. The van der Waals surface area contributed by atoms with Gasteiger partial charge in [-0.25, -0.2) is 0 Å². The largest absolute Gasteiger partial charge is 0.387 e. The SMILES string of the molecule is CCCCC/C=C/CC/C=C/C(O)C(CS(=O)(=O)O)NC(=O)C(O)CCCCCCCCCCCCCCCCCCCC. The summed E-state index contributed by atoms with van der Waals surface area (Å²) < 4.78 is 32.2. The Bertz CT molecular complexity index is 813. The van der Waals surface area contributed by atoms with Crippen LogP contribution in [-0.4, -0.2) is 53.1 Å². The highest BCUT2D eigenvalue weighted by atomic mass is 32.2. The Balaban J connectivity index is 4.02. The first-order valence-corrected chi connectivity index (χ1v) is 19.8.